The molecule has 3 heteroatoms. The Labute approximate surface area is 129 Å². The lowest BCUT2D eigenvalue weighted by Crippen LogP contribution is -1.88. The van der Waals surface area contributed by atoms with Gasteiger partial charge in [0.2, 0.25) is 0 Å². The van der Waals surface area contributed by atoms with Crippen LogP contribution in [-0.2, 0) is 5.75 Å². The van der Waals surface area contributed by atoms with Gasteiger partial charge >= 0.3 is 0 Å². The van der Waals surface area contributed by atoms with Gasteiger partial charge in [-0.3, -0.25) is 0 Å². The lowest BCUT2D eigenvalue weighted by atomic mass is 10.0. The van der Waals surface area contributed by atoms with E-state index in [-0.39, 0.29) is 0 Å². The van der Waals surface area contributed by atoms with E-state index in [1.807, 2.05) is 24.4 Å². The number of nitrogens with zero attached hydrogens (tertiary/aromatic N) is 1. The van der Waals surface area contributed by atoms with Gasteiger partial charge in [-0.2, -0.15) is 0 Å². The van der Waals surface area contributed by atoms with Crippen molar-refractivity contribution in [1.29, 1.82) is 0 Å². The van der Waals surface area contributed by atoms with Gasteiger partial charge in [-0.1, -0.05) is 54.6 Å². The third-order valence-electron chi connectivity index (χ3n) is 3.23. The minimum Gasteiger partial charge on any atom is -0.384 e. The van der Waals surface area contributed by atoms with E-state index < -0.39 is 0 Å². The van der Waals surface area contributed by atoms with Crippen LogP contribution in [0.2, 0.25) is 0 Å². The van der Waals surface area contributed by atoms with Crippen LogP contribution in [0.25, 0.3) is 11.1 Å². The van der Waals surface area contributed by atoms with Crippen LogP contribution in [0.15, 0.2) is 77.8 Å². The van der Waals surface area contributed by atoms with Gasteiger partial charge in [0.25, 0.3) is 0 Å². The molecule has 2 aromatic carbocycles. The highest BCUT2D eigenvalue weighted by Gasteiger charge is 1.99. The summed E-state index contributed by atoms with van der Waals surface area (Å²) in [4.78, 5) is 5.24. The van der Waals surface area contributed by atoms with Crippen molar-refractivity contribution in [3.8, 4) is 11.1 Å². The van der Waals surface area contributed by atoms with Gasteiger partial charge in [0, 0.05) is 16.8 Å². The summed E-state index contributed by atoms with van der Waals surface area (Å²) >= 11 is 1.77. The number of anilines is 1. The number of nitrogens with two attached hydrogens (primary N) is 1. The quantitative estimate of drug-likeness (QED) is 0.713. The van der Waals surface area contributed by atoms with Gasteiger partial charge in [-0.05, 0) is 28.8 Å². The summed E-state index contributed by atoms with van der Waals surface area (Å²) in [6.07, 6.45) is 1.82. The van der Waals surface area contributed by atoms with E-state index in [1.165, 1.54) is 16.7 Å². The fourth-order valence-electron chi connectivity index (χ4n) is 2.07. The van der Waals surface area contributed by atoms with E-state index in [4.69, 9.17) is 5.73 Å². The van der Waals surface area contributed by atoms with Gasteiger partial charge in [0.05, 0.1) is 0 Å². The smallest absolute Gasteiger partial charge is 0.123 e. The molecule has 3 rings (SSSR count). The number of thioether (sulfide) groups is 1. The number of hydrogen-bond donors (Lipinski definition) is 1. The second kappa shape index (κ2) is 6.46. The number of aromatic nitrogens is 1. The normalized spacial score (nSPS) is 10.5. The highest BCUT2D eigenvalue weighted by Crippen LogP contribution is 2.24. The van der Waals surface area contributed by atoms with Crippen LogP contribution < -0.4 is 5.73 Å². The van der Waals surface area contributed by atoms with Crippen LogP contribution in [0, 0.1) is 0 Å². The van der Waals surface area contributed by atoms with Crippen LogP contribution >= 0.6 is 11.8 Å². The monoisotopic (exact) mass is 292 g/mol. The molecule has 0 unspecified atom stereocenters. The average Bonchev–Trinajstić information content (AvgIpc) is 2.56. The van der Waals surface area contributed by atoms with Gasteiger partial charge in [-0.15, -0.1) is 11.8 Å². The SMILES string of the molecule is Nc1ccc(SCc2ccc(-c3ccccc3)cc2)cn1. The maximum Gasteiger partial charge on any atom is 0.123 e. The molecule has 0 amide bonds. The highest BCUT2D eigenvalue weighted by molar-refractivity contribution is 7.98. The van der Waals surface area contributed by atoms with Crippen LogP contribution in [0.1, 0.15) is 5.56 Å². The summed E-state index contributed by atoms with van der Waals surface area (Å²) in [6.45, 7) is 0. The second-order valence-corrected chi connectivity index (χ2v) is 5.82. The van der Waals surface area contributed by atoms with Crippen molar-refractivity contribution in [2.75, 3.05) is 5.73 Å². The van der Waals surface area contributed by atoms with Crippen LogP contribution in [0.3, 0.4) is 0 Å². The Kier molecular flexibility index (Phi) is 4.22. The minimum absolute atomic E-state index is 0.562. The van der Waals surface area contributed by atoms with Crippen LogP contribution in [-0.4, -0.2) is 4.98 Å². The minimum atomic E-state index is 0.562. The number of benzene rings is 2. The van der Waals surface area contributed by atoms with E-state index in [0.717, 1.165) is 10.6 Å². The third kappa shape index (κ3) is 3.64. The summed E-state index contributed by atoms with van der Waals surface area (Å²) in [5, 5.41) is 0. The van der Waals surface area contributed by atoms with Crippen molar-refractivity contribution < 1.29 is 0 Å². The largest absolute Gasteiger partial charge is 0.384 e. The van der Waals surface area contributed by atoms with E-state index in [2.05, 4.69) is 53.5 Å². The molecule has 0 aliphatic carbocycles. The fraction of sp³-hybridized carbons (Fsp3) is 0.0556. The van der Waals surface area contributed by atoms with Crippen molar-refractivity contribution in [3.63, 3.8) is 0 Å². The zero-order chi connectivity index (χ0) is 14.5. The molecule has 0 saturated carbocycles. The van der Waals surface area contributed by atoms with E-state index in [9.17, 15) is 0 Å². The Morgan fingerprint density at radius 1 is 0.810 bits per heavy atom. The Morgan fingerprint density at radius 2 is 1.52 bits per heavy atom. The Balaban J connectivity index is 1.66. The van der Waals surface area contributed by atoms with E-state index >= 15 is 0 Å². The van der Waals surface area contributed by atoms with Crippen molar-refractivity contribution in [3.05, 3.63) is 78.5 Å². The molecule has 0 spiro atoms. The molecule has 3 aromatic rings. The first kappa shape index (κ1) is 13.7. The van der Waals surface area contributed by atoms with Crippen molar-refractivity contribution >= 4 is 17.6 Å². The lowest BCUT2D eigenvalue weighted by Gasteiger charge is -2.05. The van der Waals surface area contributed by atoms with Gasteiger partial charge in [-0.25, -0.2) is 4.98 Å². The zero-order valence-corrected chi connectivity index (χ0v) is 12.4. The Hall–Kier alpha value is -2.26. The Bertz CT molecular complexity index is 692. The first-order chi connectivity index (χ1) is 10.3. The van der Waals surface area contributed by atoms with Gasteiger partial charge in [0.15, 0.2) is 0 Å². The first-order valence-electron chi connectivity index (χ1n) is 6.80. The number of nitrogen functional groups attached to an aromatic ring is 1. The molecule has 0 fully saturated rings. The van der Waals surface area contributed by atoms with Gasteiger partial charge in [0.1, 0.15) is 5.82 Å². The third-order valence-corrected chi connectivity index (χ3v) is 4.28. The molecule has 0 aliphatic rings. The Morgan fingerprint density at radius 3 is 2.19 bits per heavy atom. The molecule has 0 radical (unpaired) electrons. The maximum absolute atomic E-state index is 5.59. The average molecular weight is 292 g/mol. The van der Waals surface area contributed by atoms with Crippen LogP contribution in [0.5, 0.6) is 0 Å². The standard InChI is InChI=1S/C18H16N2S/c19-18-11-10-17(12-20-18)21-13-14-6-8-16(9-7-14)15-4-2-1-3-5-15/h1-12H,13H2,(H2,19,20). The highest BCUT2D eigenvalue weighted by atomic mass is 32.2. The summed E-state index contributed by atoms with van der Waals surface area (Å²) in [6, 6.07) is 23.0. The lowest BCUT2D eigenvalue weighted by molar-refractivity contribution is 1.24. The van der Waals surface area contributed by atoms with Gasteiger partial charge < -0.3 is 5.73 Å². The van der Waals surface area contributed by atoms with Crippen LogP contribution in [0.4, 0.5) is 5.82 Å². The predicted molar refractivity (Wildman–Crippen MR) is 90.1 cm³/mol. The molecule has 1 heterocycles. The molecule has 104 valence electrons. The van der Waals surface area contributed by atoms with E-state index in [1.54, 1.807) is 11.8 Å². The topological polar surface area (TPSA) is 38.9 Å². The van der Waals surface area contributed by atoms with E-state index in [0.29, 0.717) is 5.82 Å². The van der Waals surface area contributed by atoms with Crippen molar-refractivity contribution in [2.45, 2.75) is 10.6 Å². The summed E-state index contributed by atoms with van der Waals surface area (Å²) < 4.78 is 0. The molecule has 0 aliphatic heterocycles. The molecule has 0 atom stereocenters. The molecule has 0 saturated heterocycles. The summed E-state index contributed by atoms with van der Waals surface area (Å²) in [5.41, 5.74) is 9.39. The molecule has 1 aromatic heterocycles. The molecule has 21 heavy (non-hydrogen) atoms. The molecular weight excluding hydrogens is 276 g/mol. The van der Waals surface area contributed by atoms with Crippen molar-refractivity contribution in [1.82, 2.24) is 4.98 Å². The van der Waals surface area contributed by atoms with Crippen molar-refractivity contribution in [2.24, 2.45) is 0 Å². The number of pyridine rings is 1. The number of hydrogen-bond acceptors (Lipinski definition) is 3. The summed E-state index contributed by atoms with van der Waals surface area (Å²) in [5.74, 6) is 1.49. The summed E-state index contributed by atoms with van der Waals surface area (Å²) in [7, 11) is 0. The molecule has 2 nitrogen and oxygen atoms in total. The maximum atomic E-state index is 5.59. The molecule has 2 N–H and O–H groups in total. The first-order valence-corrected chi connectivity index (χ1v) is 7.78. The molecular formula is C18H16N2S. The predicted octanol–water partition coefficient (Wildman–Crippen LogP) is 4.62. The number of rotatable bonds is 4. The second-order valence-electron chi connectivity index (χ2n) is 4.77. The zero-order valence-electron chi connectivity index (χ0n) is 11.6. The molecule has 0 bridgehead atoms. The fourth-order valence-corrected chi connectivity index (χ4v) is 2.89.